The molecule has 1 aromatic heterocycles. The molecule has 3 aromatic carbocycles. The molecule has 0 bridgehead atoms. The fourth-order valence-corrected chi connectivity index (χ4v) is 5.55. The monoisotopic (exact) mass is 597 g/mol. The number of carboxylic acids is 1. The van der Waals surface area contributed by atoms with Gasteiger partial charge in [-0.3, -0.25) is 9.59 Å². The van der Waals surface area contributed by atoms with Crippen LogP contribution in [0.1, 0.15) is 40.7 Å². The number of carboxylic acid groups (broad SMARTS) is 1. The molecule has 6 nitrogen and oxygen atoms in total. The number of benzene rings is 3. The predicted octanol–water partition coefficient (Wildman–Crippen LogP) is 7.91. The number of carbonyl (C=O) groups is 2. The number of ether oxygens (including phenoxy) is 2. The molecule has 0 atom stereocenters. The second kappa shape index (κ2) is 14.7. The number of amides is 1. The summed E-state index contributed by atoms with van der Waals surface area (Å²) in [7, 11) is 0. The number of hydrogen-bond donors (Lipinski definition) is 2. The minimum Gasteiger partial charge on any atom is -0.494 e. The Morgan fingerprint density at radius 1 is 0.800 bits per heavy atom. The van der Waals surface area contributed by atoms with Crippen molar-refractivity contribution in [1.82, 2.24) is 5.32 Å². The maximum Gasteiger partial charge on any atom is 0.303 e. The van der Waals surface area contributed by atoms with E-state index in [4.69, 9.17) is 37.8 Å². The van der Waals surface area contributed by atoms with E-state index in [1.807, 2.05) is 54.6 Å². The van der Waals surface area contributed by atoms with Crippen molar-refractivity contribution in [2.45, 2.75) is 32.2 Å². The Hall–Kier alpha value is -3.52. The Kier molecular flexibility index (Phi) is 10.9. The van der Waals surface area contributed by atoms with E-state index in [0.29, 0.717) is 39.6 Å². The van der Waals surface area contributed by atoms with Gasteiger partial charge >= 0.3 is 5.97 Å². The van der Waals surface area contributed by atoms with Crippen LogP contribution in [-0.4, -0.2) is 30.2 Å². The summed E-state index contributed by atoms with van der Waals surface area (Å²) < 4.78 is 12.6. The maximum atomic E-state index is 12.6. The van der Waals surface area contributed by atoms with Crippen molar-refractivity contribution in [3.8, 4) is 22.6 Å². The average Bonchev–Trinajstić information content (AvgIpc) is 3.31. The fraction of sp³-hybridized carbons (Fsp3) is 0.226. The van der Waals surface area contributed by atoms with E-state index in [2.05, 4.69) is 23.5 Å². The fourth-order valence-electron chi connectivity index (χ4n) is 4.09. The Balaban J connectivity index is 1.27. The number of nitrogens with one attached hydrogen (secondary N) is 1. The van der Waals surface area contributed by atoms with Crippen molar-refractivity contribution in [3.05, 3.63) is 104 Å². The number of carbonyl (C=O) groups excluding carboxylic acids is 1. The van der Waals surface area contributed by atoms with Crippen LogP contribution in [0.5, 0.6) is 11.5 Å². The lowest BCUT2D eigenvalue weighted by Crippen LogP contribution is -2.23. The summed E-state index contributed by atoms with van der Waals surface area (Å²) in [4.78, 5) is 23.7. The van der Waals surface area contributed by atoms with Crippen LogP contribution in [0, 0.1) is 0 Å². The molecule has 0 saturated heterocycles. The average molecular weight is 599 g/mol. The molecule has 0 saturated carbocycles. The highest BCUT2D eigenvalue weighted by Gasteiger charge is 2.15. The van der Waals surface area contributed by atoms with Crippen LogP contribution in [0.2, 0.25) is 8.67 Å². The van der Waals surface area contributed by atoms with Crippen LogP contribution >= 0.6 is 34.5 Å². The molecule has 0 spiro atoms. The number of rotatable bonds is 14. The summed E-state index contributed by atoms with van der Waals surface area (Å²) in [6.07, 6.45) is 1.94. The van der Waals surface area contributed by atoms with E-state index >= 15 is 0 Å². The van der Waals surface area contributed by atoms with Gasteiger partial charge in [0.15, 0.2) is 0 Å². The molecule has 0 fully saturated rings. The van der Waals surface area contributed by atoms with E-state index in [-0.39, 0.29) is 18.9 Å². The molecule has 1 heterocycles. The third-order valence-corrected chi connectivity index (χ3v) is 7.63. The number of aryl methyl sites for hydroxylation is 1. The molecule has 208 valence electrons. The summed E-state index contributed by atoms with van der Waals surface area (Å²) in [6, 6.07) is 25.3. The number of hydrogen-bond acceptors (Lipinski definition) is 5. The van der Waals surface area contributed by atoms with Crippen LogP contribution in [0.15, 0.2) is 78.9 Å². The minimum atomic E-state index is -0.885. The highest BCUT2D eigenvalue weighted by molar-refractivity contribution is 7.20. The normalized spacial score (nSPS) is 10.8. The SMILES string of the molecule is O=C(O)CCc1ccc(OCCCCOc2cccc(-c3ccccc3)c2)cc1CNC(=O)c1cc(Cl)sc1Cl. The Morgan fingerprint density at radius 3 is 2.17 bits per heavy atom. The van der Waals surface area contributed by atoms with Crippen molar-refractivity contribution >= 4 is 46.4 Å². The number of thiophene rings is 1. The topological polar surface area (TPSA) is 84.9 Å². The summed E-state index contributed by atoms with van der Waals surface area (Å²) >= 11 is 13.2. The van der Waals surface area contributed by atoms with Crippen LogP contribution < -0.4 is 14.8 Å². The lowest BCUT2D eigenvalue weighted by molar-refractivity contribution is -0.136. The summed E-state index contributed by atoms with van der Waals surface area (Å²) in [6.45, 7) is 1.27. The quantitative estimate of drug-likeness (QED) is 0.144. The molecule has 0 unspecified atom stereocenters. The van der Waals surface area contributed by atoms with Gasteiger partial charge in [-0.1, -0.05) is 71.7 Å². The van der Waals surface area contributed by atoms with Gasteiger partial charge in [0.25, 0.3) is 5.91 Å². The van der Waals surface area contributed by atoms with Gasteiger partial charge in [0.1, 0.15) is 15.8 Å². The lowest BCUT2D eigenvalue weighted by atomic mass is 10.0. The molecule has 4 rings (SSSR count). The van der Waals surface area contributed by atoms with E-state index in [9.17, 15) is 9.59 Å². The zero-order valence-corrected chi connectivity index (χ0v) is 24.0. The standard InChI is InChI=1S/C31H29Cl2NO5S/c32-28-19-27(30(33)40-28)31(37)34-20-24-18-26(13-11-22(24)12-14-29(35)36)39-16-5-4-15-38-25-10-6-9-23(17-25)21-7-2-1-3-8-21/h1-3,6-11,13,17-19H,4-5,12,14-16,20H2,(H,34,37)(H,35,36). The molecule has 0 aliphatic heterocycles. The summed E-state index contributed by atoms with van der Waals surface area (Å²) in [5, 5.41) is 12.0. The second-order valence-corrected chi connectivity index (χ2v) is 11.3. The van der Waals surface area contributed by atoms with Crippen molar-refractivity contribution < 1.29 is 24.2 Å². The largest absolute Gasteiger partial charge is 0.494 e. The van der Waals surface area contributed by atoms with Gasteiger partial charge in [0.05, 0.1) is 23.1 Å². The van der Waals surface area contributed by atoms with Gasteiger partial charge in [-0.2, -0.15) is 0 Å². The van der Waals surface area contributed by atoms with Crippen molar-refractivity contribution in [2.24, 2.45) is 0 Å². The van der Waals surface area contributed by atoms with Gasteiger partial charge in [0, 0.05) is 13.0 Å². The van der Waals surface area contributed by atoms with E-state index < -0.39 is 5.97 Å². The lowest BCUT2D eigenvalue weighted by Gasteiger charge is -2.14. The third-order valence-electron chi connectivity index (χ3n) is 6.14. The number of unbranched alkanes of at least 4 members (excludes halogenated alkanes) is 1. The minimum absolute atomic E-state index is 0.0125. The first-order valence-corrected chi connectivity index (χ1v) is 14.4. The van der Waals surface area contributed by atoms with Gasteiger partial charge in [-0.05, 0) is 71.8 Å². The number of halogens is 2. The molecule has 40 heavy (non-hydrogen) atoms. The van der Waals surface area contributed by atoms with Crippen LogP contribution in [-0.2, 0) is 17.8 Å². The van der Waals surface area contributed by atoms with Crippen LogP contribution in [0.25, 0.3) is 11.1 Å². The zero-order chi connectivity index (χ0) is 28.3. The van der Waals surface area contributed by atoms with E-state index in [0.717, 1.165) is 52.2 Å². The molecular formula is C31H29Cl2NO5S. The van der Waals surface area contributed by atoms with Gasteiger partial charge in [-0.25, -0.2) is 0 Å². The van der Waals surface area contributed by atoms with Crippen molar-refractivity contribution in [2.75, 3.05) is 13.2 Å². The molecular weight excluding hydrogens is 569 g/mol. The maximum absolute atomic E-state index is 12.6. The van der Waals surface area contributed by atoms with Gasteiger partial charge in [0.2, 0.25) is 0 Å². The predicted molar refractivity (Wildman–Crippen MR) is 160 cm³/mol. The first-order valence-electron chi connectivity index (χ1n) is 12.9. The van der Waals surface area contributed by atoms with Crippen LogP contribution in [0.3, 0.4) is 0 Å². The van der Waals surface area contributed by atoms with E-state index in [1.54, 1.807) is 0 Å². The molecule has 0 aliphatic rings. The smallest absolute Gasteiger partial charge is 0.303 e. The zero-order valence-electron chi connectivity index (χ0n) is 21.7. The first-order chi connectivity index (χ1) is 19.4. The molecule has 4 aromatic rings. The molecule has 1 amide bonds. The molecule has 9 heteroatoms. The molecule has 2 N–H and O–H groups in total. The number of aliphatic carboxylic acids is 1. The Bertz CT molecular complexity index is 1440. The van der Waals surface area contributed by atoms with Gasteiger partial charge in [-0.15, -0.1) is 11.3 Å². The third kappa shape index (κ3) is 8.74. The first kappa shape index (κ1) is 29.5. The van der Waals surface area contributed by atoms with E-state index in [1.165, 1.54) is 6.07 Å². The van der Waals surface area contributed by atoms with Gasteiger partial charge < -0.3 is 19.9 Å². The molecule has 0 radical (unpaired) electrons. The van der Waals surface area contributed by atoms with Crippen molar-refractivity contribution in [1.29, 1.82) is 0 Å². The molecule has 0 aliphatic carbocycles. The van der Waals surface area contributed by atoms with Crippen molar-refractivity contribution in [3.63, 3.8) is 0 Å². The van der Waals surface area contributed by atoms with Crippen LogP contribution in [0.4, 0.5) is 0 Å². The second-order valence-electron chi connectivity index (χ2n) is 9.04. The highest BCUT2D eigenvalue weighted by atomic mass is 35.5. The Morgan fingerprint density at radius 2 is 1.50 bits per heavy atom. The highest BCUT2D eigenvalue weighted by Crippen LogP contribution is 2.31. The summed E-state index contributed by atoms with van der Waals surface area (Å²) in [5.74, 6) is 0.246. The summed E-state index contributed by atoms with van der Waals surface area (Å²) in [5.41, 5.74) is 4.18. The Labute approximate surface area is 247 Å².